The highest BCUT2D eigenvalue weighted by atomic mass is 19.1. The van der Waals surface area contributed by atoms with Crippen LogP contribution in [0.3, 0.4) is 0 Å². The fourth-order valence-electron chi connectivity index (χ4n) is 1.28. The van der Waals surface area contributed by atoms with E-state index in [4.69, 9.17) is 4.74 Å². The van der Waals surface area contributed by atoms with Gasteiger partial charge in [0.15, 0.2) is 11.6 Å². The summed E-state index contributed by atoms with van der Waals surface area (Å²) >= 11 is 0. The van der Waals surface area contributed by atoms with Gasteiger partial charge in [-0.1, -0.05) is 6.92 Å². The maximum absolute atomic E-state index is 13.6. The summed E-state index contributed by atoms with van der Waals surface area (Å²) in [5.41, 5.74) is 0.375. The van der Waals surface area contributed by atoms with Gasteiger partial charge in [0, 0.05) is 20.1 Å². The molecule has 16 heavy (non-hydrogen) atoms. The summed E-state index contributed by atoms with van der Waals surface area (Å²) in [5.74, 6) is 0.537. The number of aryl methyl sites for hydroxylation is 1. The van der Waals surface area contributed by atoms with Gasteiger partial charge in [0.05, 0.1) is 12.3 Å². The molecular formula is C11H18FN3O. The van der Waals surface area contributed by atoms with Gasteiger partial charge >= 0.3 is 0 Å². The standard InChI is InChI=1S/C11H18FN3O/c1-4-6-13-11-10(12)8(2)14-9(15-11)5-7-16-3/h4-7H2,1-3H3,(H,13,14,15). The monoisotopic (exact) mass is 227 g/mol. The second-order valence-electron chi connectivity index (χ2n) is 3.56. The Labute approximate surface area is 95.3 Å². The second-order valence-corrected chi connectivity index (χ2v) is 3.56. The third kappa shape index (κ3) is 3.41. The van der Waals surface area contributed by atoms with E-state index in [2.05, 4.69) is 15.3 Å². The zero-order valence-corrected chi connectivity index (χ0v) is 10.0. The molecule has 0 saturated heterocycles. The average molecular weight is 227 g/mol. The minimum Gasteiger partial charge on any atom is -0.384 e. The summed E-state index contributed by atoms with van der Waals surface area (Å²) in [4.78, 5) is 8.20. The van der Waals surface area contributed by atoms with Crippen LogP contribution in [-0.2, 0) is 11.2 Å². The van der Waals surface area contributed by atoms with E-state index in [1.54, 1.807) is 14.0 Å². The molecule has 0 saturated carbocycles. The van der Waals surface area contributed by atoms with E-state index in [1.807, 2.05) is 6.92 Å². The average Bonchev–Trinajstić information content (AvgIpc) is 2.28. The summed E-state index contributed by atoms with van der Waals surface area (Å²) in [6.07, 6.45) is 1.52. The molecule has 5 heteroatoms. The SMILES string of the molecule is CCCNc1nc(CCOC)nc(C)c1F. The van der Waals surface area contributed by atoms with Crippen LogP contribution >= 0.6 is 0 Å². The van der Waals surface area contributed by atoms with Crippen molar-refractivity contribution in [3.05, 3.63) is 17.3 Å². The molecule has 0 spiro atoms. The number of anilines is 1. The van der Waals surface area contributed by atoms with Crippen molar-refractivity contribution in [1.82, 2.24) is 9.97 Å². The molecule has 1 aromatic rings. The predicted octanol–water partition coefficient (Wildman–Crippen LogP) is 1.93. The van der Waals surface area contributed by atoms with Crippen molar-refractivity contribution in [2.24, 2.45) is 0 Å². The largest absolute Gasteiger partial charge is 0.384 e. The minimum atomic E-state index is -0.366. The molecule has 0 aromatic carbocycles. The summed E-state index contributed by atoms with van der Waals surface area (Å²) in [6.45, 7) is 4.91. The molecule has 1 heterocycles. The van der Waals surface area contributed by atoms with Crippen LogP contribution in [-0.4, -0.2) is 30.2 Å². The topological polar surface area (TPSA) is 47.0 Å². The van der Waals surface area contributed by atoms with Gasteiger partial charge in [-0.2, -0.15) is 0 Å². The number of methoxy groups -OCH3 is 1. The van der Waals surface area contributed by atoms with Gasteiger partial charge in [-0.25, -0.2) is 14.4 Å². The fourth-order valence-corrected chi connectivity index (χ4v) is 1.28. The highest BCUT2D eigenvalue weighted by Crippen LogP contribution is 2.14. The van der Waals surface area contributed by atoms with Crippen LogP contribution < -0.4 is 5.32 Å². The molecule has 1 N–H and O–H groups in total. The summed E-state index contributed by atoms with van der Waals surface area (Å²) in [6, 6.07) is 0. The molecule has 0 fully saturated rings. The Balaban J connectivity index is 2.83. The zero-order valence-electron chi connectivity index (χ0n) is 10.0. The number of aromatic nitrogens is 2. The Morgan fingerprint density at radius 1 is 1.38 bits per heavy atom. The first-order valence-electron chi connectivity index (χ1n) is 5.44. The first-order chi connectivity index (χ1) is 7.69. The third-order valence-corrected chi connectivity index (χ3v) is 2.14. The van der Waals surface area contributed by atoms with E-state index in [-0.39, 0.29) is 5.82 Å². The van der Waals surface area contributed by atoms with E-state index in [1.165, 1.54) is 0 Å². The number of hydrogen-bond acceptors (Lipinski definition) is 4. The maximum Gasteiger partial charge on any atom is 0.186 e. The van der Waals surface area contributed by atoms with Gasteiger partial charge < -0.3 is 10.1 Å². The van der Waals surface area contributed by atoms with Crippen LogP contribution in [0.1, 0.15) is 24.9 Å². The molecule has 1 rings (SSSR count). The van der Waals surface area contributed by atoms with E-state index in [9.17, 15) is 4.39 Å². The Morgan fingerprint density at radius 2 is 2.12 bits per heavy atom. The van der Waals surface area contributed by atoms with Gasteiger partial charge in [-0.05, 0) is 13.3 Å². The lowest BCUT2D eigenvalue weighted by molar-refractivity contribution is 0.200. The quantitative estimate of drug-likeness (QED) is 0.806. The Kier molecular flexibility index (Phi) is 5.11. The number of nitrogens with zero attached hydrogens (tertiary/aromatic N) is 2. The van der Waals surface area contributed by atoms with Crippen LogP contribution in [0.2, 0.25) is 0 Å². The molecule has 0 amide bonds. The highest BCUT2D eigenvalue weighted by Gasteiger charge is 2.10. The highest BCUT2D eigenvalue weighted by molar-refractivity contribution is 5.38. The lowest BCUT2D eigenvalue weighted by Crippen LogP contribution is -2.11. The minimum absolute atomic E-state index is 0.292. The Hall–Kier alpha value is -1.23. The second kappa shape index (κ2) is 6.37. The first kappa shape index (κ1) is 12.8. The zero-order chi connectivity index (χ0) is 12.0. The number of ether oxygens (including phenoxy) is 1. The van der Waals surface area contributed by atoms with Crippen molar-refractivity contribution in [2.75, 3.05) is 25.6 Å². The number of nitrogens with one attached hydrogen (secondary N) is 1. The maximum atomic E-state index is 13.6. The summed E-state index contributed by atoms with van der Waals surface area (Å²) < 4.78 is 18.6. The third-order valence-electron chi connectivity index (χ3n) is 2.14. The van der Waals surface area contributed by atoms with E-state index in [0.717, 1.165) is 6.42 Å². The van der Waals surface area contributed by atoms with E-state index < -0.39 is 0 Å². The molecule has 4 nitrogen and oxygen atoms in total. The molecular weight excluding hydrogens is 209 g/mol. The summed E-state index contributed by atoms with van der Waals surface area (Å²) in [7, 11) is 1.62. The molecule has 0 atom stereocenters. The van der Waals surface area contributed by atoms with E-state index >= 15 is 0 Å². The number of rotatable bonds is 6. The number of halogens is 1. The molecule has 0 bridgehead atoms. The van der Waals surface area contributed by atoms with Crippen molar-refractivity contribution >= 4 is 5.82 Å². The molecule has 0 unspecified atom stereocenters. The van der Waals surface area contributed by atoms with Crippen molar-refractivity contribution in [3.63, 3.8) is 0 Å². The van der Waals surface area contributed by atoms with Crippen molar-refractivity contribution in [1.29, 1.82) is 0 Å². The van der Waals surface area contributed by atoms with Crippen LogP contribution in [0.15, 0.2) is 0 Å². The molecule has 90 valence electrons. The smallest absolute Gasteiger partial charge is 0.186 e. The molecule has 0 aliphatic carbocycles. The normalized spacial score (nSPS) is 10.5. The van der Waals surface area contributed by atoms with E-state index in [0.29, 0.717) is 36.9 Å². The van der Waals surface area contributed by atoms with Crippen molar-refractivity contribution in [3.8, 4) is 0 Å². The van der Waals surface area contributed by atoms with Crippen LogP contribution in [0, 0.1) is 12.7 Å². The van der Waals surface area contributed by atoms with Crippen molar-refractivity contribution < 1.29 is 9.13 Å². The lowest BCUT2D eigenvalue weighted by Gasteiger charge is -2.09. The first-order valence-corrected chi connectivity index (χ1v) is 5.44. The molecule has 0 aliphatic heterocycles. The predicted molar refractivity (Wildman–Crippen MR) is 61.1 cm³/mol. The van der Waals surface area contributed by atoms with Gasteiger partial charge in [0.1, 0.15) is 5.82 Å². The molecule has 0 aliphatic rings. The Morgan fingerprint density at radius 3 is 2.75 bits per heavy atom. The van der Waals surface area contributed by atoms with Crippen molar-refractivity contribution in [2.45, 2.75) is 26.7 Å². The van der Waals surface area contributed by atoms with Crippen LogP contribution in [0.5, 0.6) is 0 Å². The molecule has 1 aromatic heterocycles. The fraction of sp³-hybridized carbons (Fsp3) is 0.636. The number of hydrogen-bond donors (Lipinski definition) is 1. The lowest BCUT2D eigenvalue weighted by atomic mass is 10.3. The van der Waals surface area contributed by atoms with Crippen LogP contribution in [0.25, 0.3) is 0 Å². The van der Waals surface area contributed by atoms with Gasteiger partial charge in [-0.15, -0.1) is 0 Å². The van der Waals surface area contributed by atoms with Gasteiger partial charge in [0.25, 0.3) is 0 Å². The van der Waals surface area contributed by atoms with Gasteiger partial charge in [0.2, 0.25) is 0 Å². The molecule has 0 radical (unpaired) electrons. The Bertz CT molecular complexity index is 344. The van der Waals surface area contributed by atoms with Crippen LogP contribution in [0.4, 0.5) is 10.2 Å². The van der Waals surface area contributed by atoms with Gasteiger partial charge in [-0.3, -0.25) is 0 Å². The summed E-state index contributed by atoms with van der Waals surface area (Å²) in [5, 5.41) is 2.95.